The maximum Gasteiger partial charge on any atom is 0.183 e. The van der Waals surface area contributed by atoms with Gasteiger partial charge in [-0.1, -0.05) is 35.5 Å². The molecule has 0 bridgehead atoms. The molecule has 0 atom stereocenters. The number of benzene rings is 1. The lowest BCUT2D eigenvalue weighted by Gasteiger charge is -1.96. The van der Waals surface area contributed by atoms with Gasteiger partial charge in [-0.15, -0.1) is 0 Å². The summed E-state index contributed by atoms with van der Waals surface area (Å²) in [5.41, 5.74) is 2.96. The van der Waals surface area contributed by atoms with Gasteiger partial charge in [-0.3, -0.25) is 0 Å². The van der Waals surface area contributed by atoms with Gasteiger partial charge >= 0.3 is 0 Å². The molecule has 3 aromatic rings. The van der Waals surface area contributed by atoms with Gasteiger partial charge < -0.3 is 9.09 Å². The number of hydrogen-bond acceptors (Lipinski definition) is 2. The number of aromatic nitrogens is 2. The van der Waals surface area contributed by atoms with Crippen LogP contribution < -0.4 is 0 Å². The maximum absolute atomic E-state index is 5.37. The Kier molecular flexibility index (Phi) is 2.29. The van der Waals surface area contributed by atoms with Crippen molar-refractivity contribution in [2.24, 2.45) is 7.05 Å². The third-order valence-electron chi connectivity index (χ3n) is 2.78. The summed E-state index contributed by atoms with van der Waals surface area (Å²) in [6.07, 6.45) is 1.99. The van der Waals surface area contributed by atoms with Gasteiger partial charge in [0.25, 0.3) is 0 Å². The summed E-state index contributed by atoms with van der Waals surface area (Å²) in [5.74, 6) is 0.788. The highest BCUT2D eigenvalue weighted by atomic mass is 16.5. The van der Waals surface area contributed by atoms with Gasteiger partial charge in [0.1, 0.15) is 5.69 Å². The summed E-state index contributed by atoms with van der Waals surface area (Å²) in [6.45, 7) is 0. The summed E-state index contributed by atoms with van der Waals surface area (Å²) >= 11 is 0. The van der Waals surface area contributed by atoms with Crippen LogP contribution in [0.15, 0.2) is 59.3 Å². The first-order valence-electron chi connectivity index (χ1n) is 5.48. The quantitative estimate of drug-likeness (QED) is 0.668. The fourth-order valence-electron chi connectivity index (χ4n) is 1.86. The highest BCUT2D eigenvalue weighted by Crippen LogP contribution is 2.25. The molecule has 2 aromatic heterocycles. The lowest BCUT2D eigenvalue weighted by molar-refractivity contribution is 0.432. The predicted octanol–water partition coefficient (Wildman–Crippen LogP) is 3.35. The molecule has 84 valence electrons. The van der Waals surface area contributed by atoms with Gasteiger partial charge in [0.05, 0.1) is 5.69 Å². The topological polar surface area (TPSA) is 31.0 Å². The van der Waals surface area contributed by atoms with Crippen molar-refractivity contribution < 1.29 is 4.52 Å². The zero-order valence-corrected chi connectivity index (χ0v) is 9.50. The van der Waals surface area contributed by atoms with Gasteiger partial charge in [0.2, 0.25) is 0 Å². The van der Waals surface area contributed by atoms with Crippen LogP contribution >= 0.6 is 0 Å². The Morgan fingerprint density at radius 2 is 1.88 bits per heavy atom. The van der Waals surface area contributed by atoms with Crippen LogP contribution in [0.5, 0.6) is 0 Å². The molecule has 3 rings (SSSR count). The molecule has 0 N–H and O–H groups in total. The second-order valence-corrected chi connectivity index (χ2v) is 3.95. The molecular formula is C14H12N2O. The number of rotatable bonds is 2. The average molecular weight is 224 g/mol. The third kappa shape index (κ3) is 1.76. The Bertz CT molecular complexity index is 622. The zero-order chi connectivity index (χ0) is 11.7. The van der Waals surface area contributed by atoms with Crippen LogP contribution in [-0.4, -0.2) is 9.72 Å². The first-order chi connectivity index (χ1) is 8.34. The van der Waals surface area contributed by atoms with Crippen molar-refractivity contribution in [3.63, 3.8) is 0 Å². The van der Waals surface area contributed by atoms with Gasteiger partial charge in [-0.25, -0.2) is 0 Å². The Hall–Kier alpha value is -2.29. The van der Waals surface area contributed by atoms with Crippen molar-refractivity contribution in [3.8, 4) is 22.7 Å². The van der Waals surface area contributed by atoms with E-state index >= 15 is 0 Å². The van der Waals surface area contributed by atoms with Crippen LogP contribution in [0.3, 0.4) is 0 Å². The third-order valence-corrected chi connectivity index (χ3v) is 2.78. The fourth-order valence-corrected chi connectivity index (χ4v) is 1.86. The van der Waals surface area contributed by atoms with Gasteiger partial charge in [-0.05, 0) is 12.1 Å². The smallest absolute Gasteiger partial charge is 0.183 e. The second-order valence-electron chi connectivity index (χ2n) is 3.95. The molecule has 3 heteroatoms. The molecule has 0 aliphatic heterocycles. The van der Waals surface area contributed by atoms with E-state index in [1.54, 1.807) is 0 Å². The number of hydrogen-bond donors (Lipinski definition) is 0. The van der Waals surface area contributed by atoms with Crippen LogP contribution in [0.2, 0.25) is 0 Å². The van der Waals surface area contributed by atoms with E-state index in [0.717, 1.165) is 22.7 Å². The van der Waals surface area contributed by atoms with E-state index in [1.807, 2.05) is 66.3 Å². The van der Waals surface area contributed by atoms with E-state index in [-0.39, 0.29) is 0 Å². The Labute approximate surface area is 99.3 Å². The number of nitrogens with zero attached hydrogens (tertiary/aromatic N) is 2. The van der Waals surface area contributed by atoms with Crippen molar-refractivity contribution >= 4 is 0 Å². The molecule has 0 saturated carbocycles. The van der Waals surface area contributed by atoms with Crippen LogP contribution in [0, 0.1) is 0 Å². The summed E-state index contributed by atoms with van der Waals surface area (Å²) in [7, 11) is 1.99. The minimum Gasteiger partial charge on any atom is -0.354 e. The highest BCUT2D eigenvalue weighted by Gasteiger charge is 2.09. The SMILES string of the molecule is Cn1cccc1-c1cc(-c2ccccc2)no1. The monoisotopic (exact) mass is 224 g/mol. The lowest BCUT2D eigenvalue weighted by atomic mass is 10.1. The molecule has 0 fully saturated rings. The van der Waals surface area contributed by atoms with Gasteiger partial charge in [-0.2, -0.15) is 0 Å². The van der Waals surface area contributed by atoms with Crippen molar-refractivity contribution in [1.29, 1.82) is 0 Å². The highest BCUT2D eigenvalue weighted by molar-refractivity contribution is 5.65. The molecule has 0 aliphatic carbocycles. The minimum atomic E-state index is 0.788. The summed E-state index contributed by atoms with van der Waals surface area (Å²) in [4.78, 5) is 0. The molecule has 2 heterocycles. The second kappa shape index (κ2) is 3.94. The molecule has 17 heavy (non-hydrogen) atoms. The van der Waals surface area contributed by atoms with Crippen LogP contribution in [0.4, 0.5) is 0 Å². The summed E-state index contributed by atoms with van der Waals surface area (Å²) in [6, 6.07) is 16.0. The Morgan fingerprint density at radius 3 is 2.59 bits per heavy atom. The van der Waals surface area contributed by atoms with Gasteiger partial charge in [0.15, 0.2) is 5.76 Å². The molecule has 0 radical (unpaired) electrons. The van der Waals surface area contributed by atoms with Gasteiger partial charge in [0, 0.05) is 24.9 Å². The first-order valence-corrected chi connectivity index (χ1v) is 5.48. The van der Waals surface area contributed by atoms with Crippen LogP contribution in [0.25, 0.3) is 22.7 Å². The first kappa shape index (κ1) is 9.90. The zero-order valence-electron chi connectivity index (χ0n) is 9.50. The average Bonchev–Trinajstić information content (AvgIpc) is 2.98. The number of aryl methyl sites for hydroxylation is 1. The minimum absolute atomic E-state index is 0.788. The molecule has 0 aliphatic rings. The van der Waals surface area contributed by atoms with E-state index in [4.69, 9.17) is 4.52 Å². The standard InChI is InChI=1S/C14H12N2O/c1-16-9-5-8-13(16)14-10-12(15-17-14)11-6-3-2-4-7-11/h2-10H,1H3. The van der Waals surface area contributed by atoms with E-state index in [1.165, 1.54) is 0 Å². The molecule has 1 aromatic carbocycles. The molecule has 0 amide bonds. The Morgan fingerprint density at radius 1 is 1.06 bits per heavy atom. The van der Waals surface area contributed by atoms with E-state index in [9.17, 15) is 0 Å². The van der Waals surface area contributed by atoms with Crippen molar-refractivity contribution in [3.05, 3.63) is 54.7 Å². The molecule has 3 nitrogen and oxygen atoms in total. The normalized spacial score (nSPS) is 10.6. The molecular weight excluding hydrogens is 212 g/mol. The maximum atomic E-state index is 5.37. The van der Waals surface area contributed by atoms with Crippen molar-refractivity contribution in [1.82, 2.24) is 9.72 Å². The molecule has 0 unspecified atom stereocenters. The predicted molar refractivity (Wildman–Crippen MR) is 66.3 cm³/mol. The summed E-state index contributed by atoms with van der Waals surface area (Å²) < 4.78 is 7.38. The van der Waals surface area contributed by atoms with Crippen LogP contribution in [-0.2, 0) is 7.05 Å². The van der Waals surface area contributed by atoms with Crippen LogP contribution in [0.1, 0.15) is 0 Å². The fraction of sp³-hybridized carbons (Fsp3) is 0.0714. The molecule has 0 saturated heterocycles. The lowest BCUT2D eigenvalue weighted by Crippen LogP contribution is -1.86. The van der Waals surface area contributed by atoms with Crippen molar-refractivity contribution in [2.75, 3.05) is 0 Å². The van der Waals surface area contributed by atoms with E-state index < -0.39 is 0 Å². The van der Waals surface area contributed by atoms with E-state index in [2.05, 4.69) is 5.16 Å². The van der Waals surface area contributed by atoms with E-state index in [0.29, 0.717) is 0 Å². The molecule has 0 spiro atoms. The van der Waals surface area contributed by atoms with Crippen molar-refractivity contribution in [2.45, 2.75) is 0 Å². The largest absolute Gasteiger partial charge is 0.354 e. The Balaban J connectivity index is 2.02. The summed E-state index contributed by atoms with van der Waals surface area (Å²) in [5, 5.41) is 4.10.